The second kappa shape index (κ2) is 5.14. The summed E-state index contributed by atoms with van der Waals surface area (Å²) in [6.07, 6.45) is 0. The zero-order valence-corrected chi connectivity index (χ0v) is 11.4. The molecule has 0 spiro atoms. The summed E-state index contributed by atoms with van der Waals surface area (Å²) in [5, 5.41) is 3.06. The van der Waals surface area contributed by atoms with E-state index >= 15 is 0 Å². The molecule has 1 aromatic carbocycles. The highest BCUT2D eigenvalue weighted by atomic mass is 79.9. The predicted octanol–water partition coefficient (Wildman–Crippen LogP) is 4.96. The van der Waals surface area contributed by atoms with E-state index in [1.54, 1.807) is 11.3 Å². The molecule has 5 heteroatoms. The number of hydrogen-bond donors (Lipinski definition) is 1. The third kappa shape index (κ3) is 3.26. The monoisotopic (exact) mass is 317 g/mol. The van der Waals surface area contributed by atoms with Crippen molar-refractivity contribution in [3.63, 3.8) is 0 Å². The highest BCUT2D eigenvalue weighted by Crippen LogP contribution is 2.29. The van der Waals surface area contributed by atoms with E-state index in [1.165, 1.54) is 12.1 Å². The van der Waals surface area contributed by atoms with Gasteiger partial charge in [0.2, 0.25) is 0 Å². The smallest absolute Gasteiger partial charge is 0.128 e. The van der Waals surface area contributed by atoms with Crippen LogP contribution in [0.2, 0.25) is 0 Å². The highest BCUT2D eigenvalue weighted by molar-refractivity contribution is 9.11. The van der Waals surface area contributed by atoms with Crippen LogP contribution < -0.4 is 5.32 Å². The van der Waals surface area contributed by atoms with Gasteiger partial charge in [-0.3, -0.25) is 0 Å². The molecule has 0 aliphatic carbocycles. The molecule has 0 aliphatic rings. The van der Waals surface area contributed by atoms with E-state index in [4.69, 9.17) is 0 Å². The molecule has 1 nitrogen and oxygen atoms in total. The van der Waals surface area contributed by atoms with Gasteiger partial charge in [0, 0.05) is 16.6 Å². The molecule has 0 saturated carbocycles. The van der Waals surface area contributed by atoms with E-state index in [0.29, 0.717) is 5.69 Å². The molecule has 0 amide bonds. The Morgan fingerprint density at radius 1 is 1.18 bits per heavy atom. The van der Waals surface area contributed by atoms with Crippen LogP contribution in [0, 0.1) is 11.6 Å². The molecule has 0 radical (unpaired) electrons. The summed E-state index contributed by atoms with van der Waals surface area (Å²) in [6, 6.07) is 7.35. The SMILES string of the molecule is CC(Nc1cc(F)cc(F)c1)c1ccc(Br)s1. The van der Waals surface area contributed by atoms with Gasteiger partial charge in [-0.25, -0.2) is 8.78 Å². The van der Waals surface area contributed by atoms with E-state index in [9.17, 15) is 8.78 Å². The minimum Gasteiger partial charge on any atom is -0.378 e. The summed E-state index contributed by atoms with van der Waals surface area (Å²) in [4.78, 5) is 1.10. The summed E-state index contributed by atoms with van der Waals surface area (Å²) in [7, 11) is 0. The van der Waals surface area contributed by atoms with Gasteiger partial charge in [-0.2, -0.15) is 0 Å². The van der Waals surface area contributed by atoms with Gasteiger partial charge in [0.15, 0.2) is 0 Å². The quantitative estimate of drug-likeness (QED) is 0.843. The maximum absolute atomic E-state index is 13.0. The molecule has 0 bridgehead atoms. The molecular weight excluding hydrogens is 308 g/mol. The van der Waals surface area contributed by atoms with Crippen molar-refractivity contribution in [2.75, 3.05) is 5.32 Å². The van der Waals surface area contributed by atoms with Crippen molar-refractivity contribution in [1.82, 2.24) is 0 Å². The first-order valence-electron chi connectivity index (χ1n) is 5.02. The van der Waals surface area contributed by atoms with Crippen molar-refractivity contribution in [1.29, 1.82) is 0 Å². The Balaban J connectivity index is 2.15. The zero-order chi connectivity index (χ0) is 12.4. The number of thiophene rings is 1. The lowest BCUT2D eigenvalue weighted by Crippen LogP contribution is -2.05. The third-order valence-corrected chi connectivity index (χ3v) is 4.07. The number of benzene rings is 1. The molecule has 1 N–H and O–H groups in total. The average molecular weight is 318 g/mol. The Morgan fingerprint density at radius 2 is 1.82 bits per heavy atom. The van der Waals surface area contributed by atoms with Crippen LogP contribution in [0.1, 0.15) is 17.8 Å². The lowest BCUT2D eigenvalue weighted by Gasteiger charge is -2.13. The molecule has 1 heterocycles. The molecule has 90 valence electrons. The van der Waals surface area contributed by atoms with Crippen LogP contribution in [0.15, 0.2) is 34.1 Å². The first-order chi connectivity index (χ1) is 8.04. The minimum atomic E-state index is -0.577. The summed E-state index contributed by atoms with van der Waals surface area (Å²) < 4.78 is 27.0. The molecule has 0 saturated heterocycles. The fourth-order valence-corrected chi connectivity index (χ4v) is 2.95. The molecule has 2 rings (SSSR count). The van der Waals surface area contributed by atoms with Gasteiger partial charge >= 0.3 is 0 Å². The Labute approximate surface area is 111 Å². The molecule has 1 unspecified atom stereocenters. The summed E-state index contributed by atoms with van der Waals surface area (Å²) in [6.45, 7) is 1.95. The van der Waals surface area contributed by atoms with Crippen LogP contribution >= 0.6 is 27.3 Å². The van der Waals surface area contributed by atoms with Crippen LogP contribution in [0.25, 0.3) is 0 Å². The number of anilines is 1. The van der Waals surface area contributed by atoms with Crippen LogP contribution in [0.4, 0.5) is 14.5 Å². The Morgan fingerprint density at radius 3 is 2.35 bits per heavy atom. The van der Waals surface area contributed by atoms with Crippen LogP contribution in [-0.2, 0) is 0 Å². The van der Waals surface area contributed by atoms with Crippen molar-refractivity contribution in [3.05, 3.63) is 50.6 Å². The van der Waals surface area contributed by atoms with Gasteiger partial charge in [-0.1, -0.05) is 0 Å². The molecule has 17 heavy (non-hydrogen) atoms. The maximum Gasteiger partial charge on any atom is 0.128 e. The fraction of sp³-hybridized carbons (Fsp3) is 0.167. The molecule has 0 aliphatic heterocycles. The number of rotatable bonds is 3. The zero-order valence-electron chi connectivity index (χ0n) is 9.01. The van der Waals surface area contributed by atoms with Crippen molar-refractivity contribution in [2.45, 2.75) is 13.0 Å². The normalized spacial score (nSPS) is 12.5. The lowest BCUT2D eigenvalue weighted by atomic mass is 10.2. The number of halogens is 3. The van der Waals surface area contributed by atoms with E-state index < -0.39 is 11.6 Å². The summed E-state index contributed by atoms with van der Waals surface area (Å²) in [5.41, 5.74) is 0.444. The molecule has 1 atom stereocenters. The topological polar surface area (TPSA) is 12.0 Å². The van der Waals surface area contributed by atoms with Gasteiger partial charge in [0.05, 0.1) is 9.83 Å². The third-order valence-electron chi connectivity index (χ3n) is 2.27. The Hall–Kier alpha value is -0.940. The average Bonchev–Trinajstić information content (AvgIpc) is 2.63. The fourth-order valence-electron chi connectivity index (χ4n) is 1.52. The van der Waals surface area contributed by atoms with E-state index in [0.717, 1.165) is 14.7 Å². The standard InChI is InChI=1S/C12H10BrF2NS/c1-7(11-2-3-12(13)17-11)16-10-5-8(14)4-9(15)6-10/h2-7,16H,1H3. The second-order valence-electron chi connectivity index (χ2n) is 3.67. The first-order valence-corrected chi connectivity index (χ1v) is 6.63. The van der Waals surface area contributed by atoms with Crippen molar-refractivity contribution in [2.24, 2.45) is 0 Å². The molecule has 2 aromatic rings. The first kappa shape index (κ1) is 12.5. The summed E-state index contributed by atoms with van der Waals surface area (Å²) in [5.74, 6) is -1.15. The highest BCUT2D eigenvalue weighted by Gasteiger charge is 2.09. The van der Waals surface area contributed by atoms with Crippen LogP contribution in [0.5, 0.6) is 0 Å². The summed E-state index contributed by atoms with van der Waals surface area (Å²) >= 11 is 4.97. The van der Waals surface area contributed by atoms with E-state index in [-0.39, 0.29) is 6.04 Å². The number of hydrogen-bond acceptors (Lipinski definition) is 2. The van der Waals surface area contributed by atoms with Crippen molar-refractivity contribution in [3.8, 4) is 0 Å². The minimum absolute atomic E-state index is 0.00694. The largest absolute Gasteiger partial charge is 0.378 e. The number of nitrogens with one attached hydrogen (secondary N) is 1. The van der Waals surface area contributed by atoms with Crippen LogP contribution in [0.3, 0.4) is 0 Å². The van der Waals surface area contributed by atoms with Crippen LogP contribution in [-0.4, -0.2) is 0 Å². The molecule has 0 fully saturated rings. The lowest BCUT2D eigenvalue weighted by molar-refractivity contribution is 0.583. The van der Waals surface area contributed by atoms with Gasteiger partial charge in [0.1, 0.15) is 11.6 Å². The maximum atomic E-state index is 13.0. The second-order valence-corrected chi connectivity index (χ2v) is 6.16. The molecule has 1 aromatic heterocycles. The Kier molecular flexibility index (Phi) is 3.79. The van der Waals surface area contributed by atoms with Gasteiger partial charge in [0.25, 0.3) is 0 Å². The predicted molar refractivity (Wildman–Crippen MR) is 70.4 cm³/mol. The van der Waals surface area contributed by atoms with Crippen molar-refractivity contribution >= 4 is 33.0 Å². The van der Waals surface area contributed by atoms with E-state index in [1.807, 2.05) is 19.1 Å². The van der Waals surface area contributed by atoms with E-state index in [2.05, 4.69) is 21.2 Å². The van der Waals surface area contributed by atoms with Gasteiger partial charge < -0.3 is 5.32 Å². The Bertz CT molecular complexity index is 507. The van der Waals surface area contributed by atoms with Gasteiger partial charge in [-0.15, -0.1) is 11.3 Å². The van der Waals surface area contributed by atoms with Gasteiger partial charge in [-0.05, 0) is 47.1 Å². The molecular formula is C12H10BrF2NS. The van der Waals surface area contributed by atoms with Crippen molar-refractivity contribution < 1.29 is 8.78 Å².